The van der Waals surface area contributed by atoms with Gasteiger partial charge in [-0.1, -0.05) is 12.1 Å². The molecule has 0 bridgehead atoms. The molecule has 0 fully saturated rings. The summed E-state index contributed by atoms with van der Waals surface area (Å²) in [4.78, 5) is 44.6. The van der Waals surface area contributed by atoms with Crippen LogP contribution in [0.5, 0.6) is 0 Å². The molecule has 0 saturated carbocycles. The SMILES string of the molecule is O=C(Nc1cnn(CN2C(=O)c3ccccc3C2=O)c1)c1cnc(Cl)nc1C(F)(F)F. The number of fused-ring (bicyclic) bond motifs is 1. The van der Waals surface area contributed by atoms with Crippen LogP contribution in [0.3, 0.4) is 0 Å². The van der Waals surface area contributed by atoms with Crippen molar-refractivity contribution < 1.29 is 27.6 Å². The predicted octanol–water partition coefficient (Wildman–Crippen LogP) is 2.85. The molecule has 1 aliphatic rings. The minimum Gasteiger partial charge on any atom is -0.319 e. The van der Waals surface area contributed by atoms with E-state index >= 15 is 0 Å². The maximum atomic E-state index is 13.1. The maximum absolute atomic E-state index is 13.1. The Labute approximate surface area is 176 Å². The van der Waals surface area contributed by atoms with Gasteiger partial charge in [-0.2, -0.15) is 18.3 Å². The Bertz CT molecular complexity index is 1190. The molecule has 1 N–H and O–H groups in total. The van der Waals surface area contributed by atoms with Gasteiger partial charge in [-0.25, -0.2) is 9.97 Å². The van der Waals surface area contributed by atoms with Gasteiger partial charge >= 0.3 is 6.18 Å². The number of anilines is 1. The maximum Gasteiger partial charge on any atom is 0.434 e. The summed E-state index contributed by atoms with van der Waals surface area (Å²) in [6.45, 7) is -0.250. The first-order valence-corrected chi connectivity index (χ1v) is 8.91. The van der Waals surface area contributed by atoms with Crippen molar-refractivity contribution in [2.24, 2.45) is 0 Å². The molecule has 4 rings (SSSR count). The highest BCUT2D eigenvalue weighted by Gasteiger charge is 2.38. The van der Waals surface area contributed by atoms with Crippen molar-refractivity contribution in [1.29, 1.82) is 0 Å². The van der Waals surface area contributed by atoms with Crippen molar-refractivity contribution in [3.8, 4) is 0 Å². The Kier molecular flexibility index (Phi) is 4.93. The molecule has 31 heavy (non-hydrogen) atoms. The predicted molar refractivity (Wildman–Crippen MR) is 99.2 cm³/mol. The standard InChI is InChI=1S/C18H10ClF3N6O3/c19-17-23-6-12(13(26-17)18(20,21)22)14(29)25-9-5-24-27(7-9)8-28-15(30)10-3-1-2-4-11(10)16(28)31/h1-7H,8H2,(H,25,29). The number of carbonyl (C=O) groups is 3. The molecule has 0 saturated heterocycles. The molecule has 2 aromatic heterocycles. The smallest absolute Gasteiger partial charge is 0.319 e. The van der Waals surface area contributed by atoms with E-state index in [2.05, 4.69) is 20.4 Å². The van der Waals surface area contributed by atoms with Gasteiger partial charge < -0.3 is 5.32 Å². The Morgan fingerprint density at radius 2 is 1.74 bits per heavy atom. The molecule has 3 heterocycles. The van der Waals surface area contributed by atoms with E-state index in [0.717, 1.165) is 11.1 Å². The number of amides is 3. The summed E-state index contributed by atoms with van der Waals surface area (Å²) < 4.78 is 40.6. The molecule has 0 unspecified atom stereocenters. The molecule has 1 aromatic carbocycles. The van der Waals surface area contributed by atoms with Crippen molar-refractivity contribution in [3.05, 3.63) is 70.5 Å². The topological polar surface area (TPSA) is 110 Å². The van der Waals surface area contributed by atoms with Crippen LogP contribution in [0, 0.1) is 0 Å². The first kappa shape index (κ1) is 20.5. The molecule has 3 amide bonds. The highest BCUT2D eigenvalue weighted by atomic mass is 35.5. The van der Waals surface area contributed by atoms with Crippen LogP contribution in [0.25, 0.3) is 0 Å². The van der Waals surface area contributed by atoms with E-state index in [0.29, 0.717) is 6.20 Å². The van der Waals surface area contributed by atoms with Gasteiger partial charge in [0.05, 0.1) is 34.8 Å². The Morgan fingerprint density at radius 1 is 1.10 bits per heavy atom. The Hall–Kier alpha value is -3.80. The van der Waals surface area contributed by atoms with E-state index in [9.17, 15) is 27.6 Å². The quantitative estimate of drug-likeness (QED) is 0.483. The summed E-state index contributed by atoms with van der Waals surface area (Å²) in [6.07, 6.45) is -1.85. The molecule has 0 atom stereocenters. The second-order valence-corrected chi connectivity index (χ2v) is 6.69. The van der Waals surface area contributed by atoms with Gasteiger partial charge in [0, 0.05) is 6.20 Å². The van der Waals surface area contributed by atoms with E-state index in [-0.39, 0.29) is 23.5 Å². The van der Waals surface area contributed by atoms with E-state index in [1.54, 1.807) is 12.1 Å². The third kappa shape index (κ3) is 3.84. The molecule has 0 radical (unpaired) electrons. The number of aromatic nitrogens is 4. The number of halogens is 4. The minimum absolute atomic E-state index is 0.0321. The van der Waals surface area contributed by atoms with Gasteiger partial charge in [-0.15, -0.1) is 0 Å². The van der Waals surface area contributed by atoms with Crippen molar-refractivity contribution in [2.75, 3.05) is 5.32 Å². The van der Waals surface area contributed by atoms with Gasteiger partial charge in [-0.05, 0) is 23.7 Å². The lowest BCUT2D eigenvalue weighted by molar-refractivity contribution is -0.141. The summed E-state index contributed by atoms with van der Waals surface area (Å²) in [5.41, 5.74) is -1.76. The van der Waals surface area contributed by atoms with Crippen LogP contribution in [-0.4, -0.2) is 42.4 Å². The number of alkyl halides is 3. The van der Waals surface area contributed by atoms with E-state index in [1.165, 1.54) is 23.0 Å². The number of nitrogens with zero attached hydrogens (tertiary/aromatic N) is 5. The van der Waals surface area contributed by atoms with Crippen molar-refractivity contribution in [2.45, 2.75) is 12.8 Å². The average molecular weight is 451 g/mol. The number of nitrogens with one attached hydrogen (secondary N) is 1. The summed E-state index contributed by atoms with van der Waals surface area (Å²) in [7, 11) is 0. The van der Waals surface area contributed by atoms with E-state index in [1.807, 2.05) is 0 Å². The lowest BCUT2D eigenvalue weighted by Crippen LogP contribution is -2.32. The monoisotopic (exact) mass is 450 g/mol. The zero-order valence-electron chi connectivity index (χ0n) is 15.2. The largest absolute Gasteiger partial charge is 0.434 e. The number of hydrogen-bond acceptors (Lipinski definition) is 6. The van der Waals surface area contributed by atoms with Gasteiger partial charge in [0.1, 0.15) is 6.67 Å². The van der Waals surface area contributed by atoms with Gasteiger partial charge in [0.2, 0.25) is 5.28 Å². The van der Waals surface area contributed by atoms with Crippen LogP contribution < -0.4 is 5.32 Å². The fourth-order valence-corrected chi connectivity index (χ4v) is 3.09. The lowest BCUT2D eigenvalue weighted by Gasteiger charge is -2.13. The third-order valence-corrected chi connectivity index (χ3v) is 4.51. The highest BCUT2D eigenvalue weighted by Crippen LogP contribution is 2.31. The highest BCUT2D eigenvalue weighted by molar-refractivity contribution is 6.28. The molecule has 9 nitrogen and oxygen atoms in total. The van der Waals surface area contributed by atoms with E-state index < -0.39 is 40.4 Å². The molecule has 3 aromatic rings. The van der Waals surface area contributed by atoms with Crippen LogP contribution in [0.1, 0.15) is 36.8 Å². The normalized spacial score (nSPS) is 13.5. The molecule has 13 heteroatoms. The number of imide groups is 1. The van der Waals surface area contributed by atoms with Crippen LogP contribution in [0.15, 0.2) is 42.9 Å². The molecular weight excluding hydrogens is 441 g/mol. The molecule has 1 aliphatic heterocycles. The molecule has 0 aliphatic carbocycles. The molecule has 0 spiro atoms. The number of benzene rings is 1. The summed E-state index contributed by atoms with van der Waals surface area (Å²) in [5, 5.41) is 5.51. The second kappa shape index (κ2) is 7.47. The van der Waals surface area contributed by atoms with Gasteiger partial charge in [0.15, 0.2) is 5.69 Å². The first-order chi connectivity index (χ1) is 14.6. The summed E-state index contributed by atoms with van der Waals surface area (Å²) >= 11 is 5.40. The fourth-order valence-electron chi connectivity index (χ4n) is 2.96. The Morgan fingerprint density at radius 3 is 2.35 bits per heavy atom. The van der Waals surface area contributed by atoms with Gasteiger partial charge in [-0.3, -0.25) is 24.0 Å². The zero-order valence-corrected chi connectivity index (χ0v) is 16.0. The molecule has 158 valence electrons. The number of rotatable bonds is 4. The van der Waals surface area contributed by atoms with Crippen LogP contribution >= 0.6 is 11.6 Å². The first-order valence-electron chi connectivity index (χ1n) is 8.54. The van der Waals surface area contributed by atoms with E-state index in [4.69, 9.17) is 11.6 Å². The second-order valence-electron chi connectivity index (χ2n) is 6.35. The zero-order chi connectivity index (χ0) is 22.3. The van der Waals surface area contributed by atoms with Crippen molar-refractivity contribution in [1.82, 2.24) is 24.6 Å². The van der Waals surface area contributed by atoms with Crippen LogP contribution in [0.4, 0.5) is 18.9 Å². The van der Waals surface area contributed by atoms with Gasteiger partial charge in [0.25, 0.3) is 17.7 Å². The number of hydrogen-bond donors (Lipinski definition) is 1. The van der Waals surface area contributed by atoms with Crippen molar-refractivity contribution >= 4 is 35.0 Å². The average Bonchev–Trinajstić information content (AvgIpc) is 3.25. The Balaban J connectivity index is 1.50. The van der Waals surface area contributed by atoms with Crippen LogP contribution in [-0.2, 0) is 12.8 Å². The lowest BCUT2D eigenvalue weighted by atomic mass is 10.1. The summed E-state index contributed by atoms with van der Waals surface area (Å²) in [6, 6.07) is 6.31. The third-order valence-electron chi connectivity index (χ3n) is 4.33. The number of carbonyl (C=O) groups excluding carboxylic acids is 3. The van der Waals surface area contributed by atoms with Crippen molar-refractivity contribution in [3.63, 3.8) is 0 Å². The summed E-state index contributed by atoms with van der Waals surface area (Å²) in [5.74, 6) is -2.14. The van der Waals surface area contributed by atoms with Crippen LogP contribution in [0.2, 0.25) is 5.28 Å². The fraction of sp³-hybridized carbons (Fsp3) is 0.111. The molecular formula is C18H10ClF3N6O3. The minimum atomic E-state index is -4.92.